The van der Waals surface area contributed by atoms with E-state index in [9.17, 15) is 0 Å². The van der Waals surface area contributed by atoms with Crippen LogP contribution in [-0.4, -0.2) is 6.04 Å². The van der Waals surface area contributed by atoms with Crippen LogP contribution in [0, 0.1) is 5.92 Å². The first-order chi connectivity index (χ1) is 9.16. The summed E-state index contributed by atoms with van der Waals surface area (Å²) in [5.74, 6) is 0.833. The van der Waals surface area contributed by atoms with Gasteiger partial charge in [0.05, 0.1) is 0 Å². The molecule has 0 radical (unpaired) electrons. The lowest BCUT2D eigenvalue weighted by atomic mass is 9.99. The summed E-state index contributed by atoms with van der Waals surface area (Å²) >= 11 is 0. The molecule has 0 aliphatic rings. The van der Waals surface area contributed by atoms with E-state index >= 15 is 0 Å². The van der Waals surface area contributed by atoms with E-state index in [0.29, 0.717) is 6.04 Å². The van der Waals surface area contributed by atoms with Gasteiger partial charge in [-0.25, -0.2) is 0 Å². The third kappa shape index (κ3) is 15.9. The molecule has 0 aromatic heterocycles. The van der Waals surface area contributed by atoms with Gasteiger partial charge in [0.25, 0.3) is 0 Å². The molecule has 116 valence electrons. The van der Waals surface area contributed by atoms with E-state index in [1.807, 2.05) is 0 Å². The quantitative estimate of drug-likeness (QED) is 0.381. The Kier molecular flexibility index (Phi) is 14.3. The lowest BCUT2D eigenvalue weighted by molar-refractivity contribution is 0.463. The minimum atomic E-state index is 0.461. The Morgan fingerprint density at radius 1 is 0.632 bits per heavy atom. The SMILES string of the molecule is CCCCCCCCCCCC(N)CCCC(C)C. The third-order valence-electron chi connectivity index (χ3n) is 4.03. The molecule has 2 N–H and O–H groups in total. The Bertz CT molecular complexity index is 165. The van der Waals surface area contributed by atoms with Crippen LogP contribution < -0.4 is 5.73 Å². The topological polar surface area (TPSA) is 26.0 Å². The van der Waals surface area contributed by atoms with Gasteiger partial charge in [-0.15, -0.1) is 0 Å². The zero-order valence-corrected chi connectivity index (χ0v) is 13.9. The lowest BCUT2D eigenvalue weighted by Crippen LogP contribution is -2.19. The van der Waals surface area contributed by atoms with E-state index < -0.39 is 0 Å². The van der Waals surface area contributed by atoms with Gasteiger partial charge in [0, 0.05) is 6.04 Å². The van der Waals surface area contributed by atoms with Gasteiger partial charge in [0.1, 0.15) is 0 Å². The van der Waals surface area contributed by atoms with Gasteiger partial charge >= 0.3 is 0 Å². The first-order valence-electron chi connectivity index (χ1n) is 8.92. The second-order valence-corrected chi connectivity index (χ2v) is 6.70. The first-order valence-corrected chi connectivity index (χ1v) is 8.92. The van der Waals surface area contributed by atoms with E-state index in [0.717, 1.165) is 5.92 Å². The second kappa shape index (κ2) is 14.4. The molecule has 0 aliphatic heterocycles. The van der Waals surface area contributed by atoms with Crippen molar-refractivity contribution in [2.24, 2.45) is 11.7 Å². The lowest BCUT2D eigenvalue weighted by Gasteiger charge is -2.12. The fraction of sp³-hybridized carbons (Fsp3) is 1.00. The molecule has 0 saturated carbocycles. The Morgan fingerprint density at radius 3 is 1.63 bits per heavy atom. The molecule has 0 bridgehead atoms. The maximum absolute atomic E-state index is 6.16. The van der Waals surface area contributed by atoms with Crippen LogP contribution in [0.5, 0.6) is 0 Å². The van der Waals surface area contributed by atoms with Crippen LogP contribution in [0.3, 0.4) is 0 Å². The van der Waals surface area contributed by atoms with E-state index in [1.54, 1.807) is 0 Å². The zero-order valence-electron chi connectivity index (χ0n) is 13.9. The predicted molar refractivity (Wildman–Crippen MR) is 88.5 cm³/mol. The second-order valence-electron chi connectivity index (χ2n) is 6.70. The molecule has 0 aliphatic carbocycles. The average molecular weight is 270 g/mol. The Labute approximate surface area is 122 Å². The molecule has 0 rings (SSSR count). The molecule has 0 spiro atoms. The molecule has 0 aromatic carbocycles. The number of nitrogens with two attached hydrogens (primary N) is 1. The first kappa shape index (κ1) is 19.0. The molecule has 0 amide bonds. The minimum absolute atomic E-state index is 0.461. The van der Waals surface area contributed by atoms with Gasteiger partial charge in [-0.3, -0.25) is 0 Å². The minimum Gasteiger partial charge on any atom is -0.328 e. The highest BCUT2D eigenvalue weighted by Crippen LogP contribution is 2.13. The van der Waals surface area contributed by atoms with Crippen molar-refractivity contribution < 1.29 is 0 Å². The highest BCUT2D eigenvalue weighted by molar-refractivity contribution is 4.62. The molecule has 0 fully saturated rings. The van der Waals surface area contributed by atoms with Crippen molar-refractivity contribution in [1.29, 1.82) is 0 Å². The summed E-state index contributed by atoms with van der Waals surface area (Å²) in [7, 11) is 0. The maximum atomic E-state index is 6.16. The maximum Gasteiger partial charge on any atom is 0.00388 e. The molecule has 1 atom stereocenters. The largest absolute Gasteiger partial charge is 0.328 e. The Balaban J connectivity index is 3.12. The molecule has 19 heavy (non-hydrogen) atoms. The van der Waals surface area contributed by atoms with Gasteiger partial charge in [-0.05, 0) is 18.8 Å². The molecule has 0 aromatic rings. The summed E-state index contributed by atoms with van der Waals surface area (Å²) in [6, 6.07) is 0.461. The van der Waals surface area contributed by atoms with Crippen LogP contribution in [-0.2, 0) is 0 Å². The van der Waals surface area contributed by atoms with Gasteiger partial charge in [0.15, 0.2) is 0 Å². The highest BCUT2D eigenvalue weighted by atomic mass is 14.6. The normalized spacial score (nSPS) is 13.1. The molecule has 1 heteroatoms. The zero-order chi connectivity index (χ0) is 14.3. The van der Waals surface area contributed by atoms with Gasteiger partial charge in [0.2, 0.25) is 0 Å². The van der Waals surface area contributed by atoms with E-state index in [-0.39, 0.29) is 0 Å². The number of rotatable bonds is 14. The monoisotopic (exact) mass is 269 g/mol. The van der Waals surface area contributed by atoms with Crippen LogP contribution in [0.15, 0.2) is 0 Å². The van der Waals surface area contributed by atoms with Gasteiger partial charge < -0.3 is 5.73 Å². The molecule has 0 saturated heterocycles. The standard InChI is InChI=1S/C18H39N/c1-4-5-6-7-8-9-10-11-12-15-18(19)16-13-14-17(2)3/h17-18H,4-16,19H2,1-3H3. The van der Waals surface area contributed by atoms with E-state index in [2.05, 4.69) is 20.8 Å². The van der Waals surface area contributed by atoms with Crippen LogP contribution in [0.25, 0.3) is 0 Å². The number of unbranched alkanes of at least 4 members (excludes halogenated alkanes) is 8. The molecular formula is C18H39N. The van der Waals surface area contributed by atoms with Gasteiger partial charge in [-0.1, -0.05) is 91.4 Å². The van der Waals surface area contributed by atoms with Crippen molar-refractivity contribution in [3.63, 3.8) is 0 Å². The van der Waals surface area contributed by atoms with Crippen molar-refractivity contribution >= 4 is 0 Å². The Morgan fingerprint density at radius 2 is 1.11 bits per heavy atom. The van der Waals surface area contributed by atoms with Crippen LogP contribution in [0.4, 0.5) is 0 Å². The Hall–Kier alpha value is -0.0400. The van der Waals surface area contributed by atoms with Crippen LogP contribution in [0.2, 0.25) is 0 Å². The highest BCUT2D eigenvalue weighted by Gasteiger charge is 2.03. The number of hydrogen-bond donors (Lipinski definition) is 1. The average Bonchev–Trinajstić information content (AvgIpc) is 2.36. The van der Waals surface area contributed by atoms with Crippen LogP contribution >= 0.6 is 0 Å². The van der Waals surface area contributed by atoms with Crippen molar-refractivity contribution in [1.82, 2.24) is 0 Å². The number of hydrogen-bond acceptors (Lipinski definition) is 1. The van der Waals surface area contributed by atoms with Crippen LogP contribution in [0.1, 0.15) is 104 Å². The fourth-order valence-electron chi connectivity index (χ4n) is 2.65. The summed E-state index contributed by atoms with van der Waals surface area (Å²) in [5.41, 5.74) is 6.16. The van der Waals surface area contributed by atoms with Crippen molar-refractivity contribution in [2.75, 3.05) is 0 Å². The molecular weight excluding hydrogens is 230 g/mol. The fourth-order valence-corrected chi connectivity index (χ4v) is 2.65. The van der Waals surface area contributed by atoms with Crippen molar-refractivity contribution in [2.45, 2.75) is 110 Å². The summed E-state index contributed by atoms with van der Waals surface area (Å²) in [5, 5.41) is 0. The molecule has 1 unspecified atom stereocenters. The molecule has 1 nitrogen and oxygen atoms in total. The summed E-state index contributed by atoms with van der Waals surface area (Å²) in [6.07, 6.45) is 17.8. The summed E-state index contributed by atoms with van der Waals surface area (Å²) in [6.45, 7) is 6.88. The summed E-state index contributed by atoms with van der Waals surface area (Å²) in [4.78, 5) is 0. The summed E-state index contributed by atoms with van der Waals surface area (Å²) < 4.78 is 0. The van der Waals surface area contributed by atoms with Crippen molar-refractivity contribution in [3.8, 4) is 0 Å². The smallest absolute Gasteiger partial charge is 0.00388 e. The third-order valence-corrected chi connectivity index (χ3v) is 4.03. The van der Waals surface area contributed by atoms with Crippen molar-refractivity contribution in [3.05, 3.63) is 0 Å². The van der Waals surface area contributed by atoms with Gasteiger partial charge in [-0.2, -0.15) is 0 Å². The molecule has 0 heterocycles. The van der Waals surface area contributed by atoms with E-state index in [4.69, 9.17) is 5.73 Å². The predicted octanol–water partition coefficient (Wildman–Crippen LogP) is 6.06. The van der Waals surface area contributed by atoms with E-state index in [1.165, 1.54) is 83.5 Å².